The number of para-hydroxylation sites is 1. The van der Waals surface area contributed by atoms with Crippen molar-refractivity contribution < 1.29 is 19.5 Å². The fourth-order valence-electron chi connectivity index (χ4n) is 2.01. The van der Waals surface area contributed by atoms with E-state index in [0.29, 0.717) is 16.5 Å². The maximum Gasteiger partial charge on any atom is 0.320 e. The molecule has 2 rings (SSSR count). The third-order valence-corrected chi connectivity index (χ3v) is 2.93. The smallest absolute Gasteiger partial charge is 0.320 e. The van der Waals surface area contributed by atoms with Crippen LogP contribution in [0.3, 0.4) is 0 Å². The second kappa shape index (κ2) is 4.66. The van der Waals surface area contributed by atoms with Gasteiger partial charge in [0.25, 0.3) is 0 Å². The number of alkyl halides is 1. The molecule has 4 N–H and O–H groups in total. The Bertz CT molecular complexity index is 594. The van der Waals surface area contributed by atoms with Gasteiger partial charge in [-0.25, -0.2) is 4.39 Å². The lowest BCUT2D eigenvalue weighted by molar-refractivity contribution is -0.138. The van der Waals surface area contributed by atoms with Gasteiger partial charge >= 0.3 is 5.97 Å². The van der Waals surface area contributed by atoms with Gasteiger partial charge in [-0.05, 0) is 11.6 Å². The van der Waals surface area contributed by atoms with Gasteiger partial charge in [0.05, 0.1) is 11.2 Å². The topological polar surface area (TPSA) is 88.5 Å². The van der Waals surface area contributed by atoms with E-state index in [-0.39, 0.29) is 12.1 Å². The Morgan fingerprint density at radius 2 is 2.11 bits per heavy atom. The number of aromatic nitrogens is 1. The minimum atomic E-state index is -1.16. The van der Waals surface area contributed by atoms with Crippen LogP contribution in [0.1, 0.15) is 11.3 Å². The summed E-state index contributed by atoms with van der Waals surface area (Å²) in [4.78, 5) is 10.8. The first-order valence-electron chi connectivity index (χ1n) is 5.41. The predicted molar refractivity (Wildman–Crippen MR) is 63.2 cm³/mol. The van der Waals surface area contributed by atoms with Gasteiger partial charge in [0.1, 0.15) is 12.7 Å². The molecule has 0 aliphatic carbocycles. The Morgan fingerprint density at radius 3 is 2.72 bits per heavy atom. The fraction of sp³-hybridized carbons (Fsp3) is 0.250. The summed E-state index contributed by atoms with van der Waals surface area (Å²) in [5.41, 5.74) is 6.39. The van der Waals surface area contributed by atoms with Crippen molar-refractivity contribution in [3.8, 4) is 0 Å². The van der Waals surface area contributed by atoms with Crippen LogP contribution < -0.4 is 5.73 Å². The van der Waals surface area contributed by atoms with Crippen LogP contribution in [0.25, 0.3) is 10.9 Å². The molecule has 6 heteroatoms. The molecule has 96 valence electrons. The normalized spacial score (nSPS) is 12.8. The molecular weight excluding hydrogens is 239 g/mol. The first-order chi connectivity index (χ1) is 8.56. The van der Waals surface area contributed by atoms with E-state index in [2.05, 4.69) is 0 Å². The molecule has 0 radical (unpaired) electrons. The molecule has 1 aromatic carbocycles. The molecule has 0 spiro atoms. The monoisotopic (exact) mass is 252 g/mol. The van der Waals surface area contributed by atoms with Gasteiger partial charge in [0.15, 0.2) is 0 Å². The minimum Gasteiger partial charge on any atom is -0.480 e. The van der Waals surface area contributed by atoms with Crippen LogP contribution in [-0.2, 0) is 17.9 Å². The number of aliphatic carboxylic acids is 1. The number of rotatable bonds is 4. The maximum atomic E-state index is 13.0. The highest BCUT2D eigenvalue weighted by molar-refractivity contribution is 5.86. The van der Waals surface area contributed by atoms with E-state index < -0.39 is 18.7 Å². The van der Waals surface area contributed by atoms with Crippen LogP contribution in [0.4, 0.5) is 4.39 Å². The van der Waals surface area contributed by atoms with Crippen molar-refractivity contribution in [1.29, 1.82) is 0 Å². The average molecular weight is 252 g/mol. The number of carbonyl (C=O) groups is 1. The molecular formula is C12H13FN2O3. The highest BCUT2D eigenvalue weighted by atomic mass is 19.1. The molecule has 0 saturated heterocycles. The molecule has 0 aliphatic rings. The number of nitrogens with two attached hydrogens (primary N) is 1. The van der Waals surface area contributed by atoms with Crippen LogP contribution in [0.15, 0.2) is 24.3 Å². The number of nitrogens with zero attached hydrogens (tertiary/aromatic N) is 1. The van der Waals surface area contributed by atoms with Gasteiger partial charge in [-0.1, -0.05) is 18.2 Å². The minimum absolute atomic E-state index is 0.0251. The van der Waals surface area contributed by atoms with E-state index in [1.54, 1.807) is 24.3 Å². The van der Waals surface area contributed by atoms with Crippen LogP contribution in [-0.4, -0.2) is 27.1 Å². The van der Waals surface area contributed by atoms with E-state index >= 15 is 0 Å². The van der Waals surface area contributed by atoms with Crippen molar-refractivity contribution in [3.63, 3.8) is 0 Å². The van der Waals surface area contributed by atoms with Crippen LogP contribution in [0, 0.1) is 0 Å². The first kappa shape index (κ1) is 12.4. The molecule has 0 saturated carbocycles. The van der Waals surface area contributed by atoms with Gasteiger partial charge < -0.3 is 16.0 Å². The summed E-state index contributed by atoms with van der Waals surface area (Å²) in [5, 5.41) is 19.2. The standard InChI is InChI=1S/C12H13FN2O3/c13-6-11-8(5-9(14)12(16)17)7-3-1-2-4-10(7)15(11)18/h1-4,9,18H,5-6,14H2,(H,16,17). The summed E-state index contributed by atoms with van der Waals surface area (Å²) in [6.45, 7) is -0.882. The van der Waals surface area contributed by atoms with Crippen molar-refractivity contribution in [2.24, 2.45) is 5.73 Å². The summed E-state index contributed by atoms with van der Waals surface area (Å²) < 4.78 is 13.7. The Balaban J connectivity index is 2.57. The molecule has 1 atom stereocenters. The third-order valence-electron chi connectivity index (χ3n) is 2.93. The molecule has 5 nitrogen and oxygen atoms in total. The Labute approximate surface area is 102 Å². The number of hydrogen-bond donors (Lipinski definition) is 3. The predicted octanol–water partition coefficient (Wildman–Crippen LogP) is 1.30. The number of fused-ring (bicyclic) bond motifs is 1. The van der Waals surface area contributed by atoms with Crippen LogP contribution in [0.5, 0.6) is 0 Å². The zero-order chi connectivity index (χ0) is 13.3. The van der Waals surface area contributed by atoms with E-state index in [4.69, 9.17) is 10.8 Å². The summed E-state index contributed by atoms with van der Waals surface area (Å²) in [6, 6.07) is 5.65. The largest absolute Gasteiger partial charge is 0.480 e. The van der Waals surface area contributed by atoms with Crippen molar-refractivity contribution in [3.05, 3.63) is 35.5 Å². The SMILES string of the molecule is NC(Cc1c(CF)n(O)c2ccccc12)C(=O)O. The number of benzene rings is 1. The third kappa shape index (κ3) is 1.91. The van der Waals surface area contributed by atoms with Crippen molar-refractivity contribution in [1.82, 2.24) is 4.73 Å². The number of carboxylic acid groups (broad SMARTS) is 1. The number of carboxylic acids is 1. The molecule has 18 heavy (non-hydrogen) atoms. The van der Waals surface area contributed by atoms with Crippen molar-refractivity contribution >= 4 is 16.9 Å². The molecule has 1 heterocycles. The zero-order valence-electron chi connectivity index (χ0n) is 9.51. The van der Waals surface area contributed by atoms with Crippen molar-refractivity contribution in [2.45, 2.75) is 19.1 Å². The summed E-state index contributed by atoms with van der Waals surface area (Å²) in [7, 11) is 0. The van der Waals surface area contributed by atoms with Gasteiger partial charge in [-0.15, -0.1) is 0 Å². The van der Waals surface area contributed by atoms with Gasteiger partial charge in [-0.2, -0.15) is 4.73 Å². The summed E-state index contributed by atoms with van der Waals surface area (Å²) >= 11 is 0. The van der Waals surface area contributed by atoms with Crippen molar-refractivity contribution in [2.75, 3.05) is 0 Å². The lowest BCUT2D eigenvalue weighted by Crippen LogP contribution is -2.32. The molecule has 0 amide bonds. The Morgan fingerprint density at radius 1 is 1.44 bits per heavy atom. The lowest BCUT2D eigenvalue weighted by atomic mass is 10.0. The van der Waals surface area contributed by atoms with Crippen LogP contribution in [0.2, 0.25) is 0 Å². The Kier molecular flexibility index (Phi) is 3.20. The zero-order valence-corrected chi connectivity index (χ0v) is 9.51. The lowest BCUT2D eigenvalue weighted by Gasteiger charge is -2.07. The number of halogens is 1. The highest BCUT2D eigenvalue weighted by Gasteiger charge is 2.21. The summed E-state index contributed by atoms with van der Waals surface area (Å²) in [6.07, 6.45) is -0.0251. The molecule has 1 aromatic heterocycles. The van der Waals surface area contributed by atoms with Crippen LogP contribution >= 0.6 is 0 Å². The molecule has 0 aliphatic heterocycles. The fourth-order valence-corrected chi connectivity index (χ4v) is 2.01. The molecule has 2 aromatic rings. The average Bonchev–Trinajstić information content (AvgIpc) is 2.63. The van der Waals surface area contributed by atoms with Gasteiger partial charge in [0, 0.05) is 11.8 Å². The van der Waals surface area contributed by atoms with E-state index in [1.165, 1.54) is 0 Å². The highest BCUT2D eigenvalue weighted by Crippen LogP contribution is 2.26. The molecule has 0 fully saturated rings. The summed E-state index contributed by atoms with van der Waals surface area (Å²) in [5.74, 6) is -1.16. The quantitative estimate of drug-likeness (QED) is 0.716. The van der Waals surface area contributed by atoms with E-state index in [9.17, 15) is 14.4 Å². The van der Waals surface area contributed by atoms with Gasteiger partial charge in [-0.3, -0.25) is 4.79 Å². The Hall–Kier alpha value is -2.08. The maximum absolute atomic E-state index is 13.0. The second-order valence-electron chi connectivity index (χ2n) is 4.04. The molecule has 0 bridgehead atoms. The molecule has 1 unspecified atom stereocenters. The van der Waals surface area contributed by atoms with Gasteiger partial charge in [0.2, 0.25) is 0 Å². The van der Waals surface area contributed by atoms with E-state index in [1.807, 2.05) is 0 Å². The second-order valence-corrected chi connectivity index (χ2v) is 4.04. The first-order valence-corrected chi connectivity index (χ1v) is 5.41. The van der Waals surface area contributed by atoms with E-state index in [0.717, 1.165) is 4.73 Å². The number of hydrogen-bond acceptors (Lipinski definition) is 3.